The minimum absolute atomic E-state index is 0.472. The van der Waals surface area contributed by atoms with Crippen LogP contribution in [0.4, 0.5) is 0 Å². The van der Waals surface area contributed by atoms with Crippen LogP contribution < -0.4 is 0 Å². The van der Waals surface area contributed by atoms with Crippen LogP contribution >= 0.6 is 0 Å². The Morgan fingerprint density at radius 2 is 2.09 bits per heavy atom. The quantitative estimate of drug-likeness (QED) is 0.675. The molecule has 0 aliphatic rings. The average Bonchev–Trinajstić information content (AvgIpc) is 2.07. The van der Waals surface area contributed by atoms with Gasteiger partial charge < -0.3 is 10.2 Å². The molecule has 1 rings (SSSR count). The highest BCUT2D eigenvalue weighted by Crippen LogP contribution is 2.10. The lowest BCUT2D eigenvalue weighted by Crippen LogP contribution is -2.09. The zero-order valence-electron chi connectivity index (χ0n) is 6.73. The summed E-state index contributed by atoms with van der Waals surface area (Å²) in [4.78, 5) is 10.5. The highest BCUT2D eigenvalue weighted by molar-refractivity contribution is 5.73. The monoisotopic (exact) mass is 153 g/mol. The maximum atomic E-state index is 10.5. The lowest BCUT2D eigenvalue weighted by atomic mass is 10.1. The molecular formula is C8H8O3. The van der Waals surface area contributed by atoms with E-state index in [0.717, 1.165) is 0 Å². The van der Waals surface area contributed by atoms with Crippen molar-refractivity contribution in [2.45, 2.75) is 6.10 Å². The zero-order valence-corrected chi connectivity index (χ0v) is 5.73. The molecule has 11 heavy (non-hydrogen) atoms. The van der Waals surface area contributed by atoms with E-state index in [1.807, 2.05) is 0 Å². The summed E-state index contributed by atoms with van der Waals surface area (Å²) in [5.74, 6) is -1.16. The summed E-state index contributed by atoms with van der Waals surface area (Å²) in [5, 5.41) is 12.6. The Labute approximate surface area is 65.4 Å². The Morgan fingerprint density at radius 1 is 1.45 bits per heavy atom. The van der Waals surface area contributed by atoms with Crippen LogP contribution in [0.25, 0.3) is 0 Å². The van der Waals surface area contributed by atoms with Crippen molar-refractivity contribution in [1.29, 1.82) is 1.43 Å². The fraction of sp³-hybridized carbons (Fsp3) is 0.125. The number of hydrogen-bond acceptors (Lipinski definition) is 2. The highest BCUT2D eigenvalue weighted by atomic mass is 16.4. The van der Waals surface area contributed by atoms with Crippen molar-refractivity contribution < 1.29 is 15.0 Å². The van der Waals surface area contributed by atoms with Gasteiger partial charge in [0, 0.05) is 0 Å². The molecule has 0 aliphatic heterocycles. The minimum atomic E-state index is -1.19. The van der Waals surface area contributed by atoms with E-state index >= 15 is 0 Å². The van der Waals surface area contributed by atoms with Crippen molar-refractivity contribution in [3.05, 3.63) is 35.9 Å². The molecule has 0 spiro atoms. The lowest BCUT2D eigenvalue weighted by Gasteiger charge is -2.03. The smallest absolute Gasteiger partial charge is 0.337 e. The largest absolute Gasteiger partial charge is 0.479 e. The van der Waals surface area contributed by atoms with Gasteiger partial charge in [0.1, 0.15) is 0 Å². The van der Waals surface area contributed by atoms with E-state index in [4.69, 9.17) is 6.54 Å². The number of aliphatic carboxylic acids is 1. The predicted molar refractivity (Wildman–Crippen MR) is 39.0 cm³/mol. The topological polar surface area (TPSA) is 57.5 Å². The molecule has 0 saturated carbocycles. The second kappa shape index (κ2) is 3.16. The molecule has 0 fully saturated rings. The van der Waals surface area contributed by atoms with Gasteiger partial charge in [-0.1, -0.05) is 30.3 Å². The van der Waals surface area contributed by atoms with Crippen molar-refractivity contribution in [3.8, 4) is 0 Å². The molecule has 1 unspecified atom stereocenters. The van der Waals surface area contributed by atoms with Crippen LogP contribution in [0.15, 0.2) is 30.3 Å². The van der Waals surface area contributed by atoms with E-state index in [9.17, 15) is 4.79 Å². The van der Waals surface area contributed by atoms with Crippen molar-refractivity contribution in [1.82, 2.24) is 0 Å². The summed E-state index contributed by atoms with van der Waals surface area (Å²) < 4.78 is 6.55. The number of aliphatic hydroxyl groups is 1. The third kappa shape index (κ3) is 1.78. The van der Waals surface area contributed by atoms with E-state index in [2.05, 4.69) is 5.11 Å². The average molecular weight is 153 g/mol. The number of hydrogen-bond donors (Lipinski definition) is 2. The first-order chi connectivity index (χ1) is 5.75. The molecule has 0 amide bonds. The number of aliphatic hydroxyl groups excluding tert-OH is 1. The van der Waals surface area contributed by atoms with Crippen LogP contribution in [-0.4, -0.2) is 17.6 Å². The Balaban J connectivity index is 2.88. The number of benzene rings is 1. The van der Waals surface area contributed by atoms with Crippen LogP contribution in [0.2, 0.25) is 0 Å². The number of carbonyl (C=O) groups is 1. The fourth-order valence-corrected chi connectivity index (χ4v) is 0.770. The third-order valence-corrected chi connectivity index (χ3v) is 1.33. The second-order valence-electron chi connectivity index (χ2n) is 2.13. The molecule has 0 saturated heterocycles. The molecule has 0 aromatic heterocycles. The summed E-state index contributed by atoms with van der Waals surface area (Å²) in [6.45, 7) is 0. The standard InChI is InChI=1S/C8H8O3/c9-7(8(10)11)6-4-2-1-3-5-6/h1-5,7,9H,(H,10,11)/i9D. The van der Waals surface area contributed by atoms with E-state index in [0.29, 0.717) is 5.56 Å². The van der Waals surface area contributed by atoms with Crippen LogP contribution in [0.3, 0.4) is 0 Å². The van der Waals surface area contributed by atoms with Crippen LogP contribution in [-0.2, 0) is 4.79 Å². The molecule has 58 valence electrons. The molecule has 2 N–H and O–H groups in total. The molecule has 0 radical (unpaired) electrons. The van der Waals surface area contributed by atoms with Gasteiger partial charge in [-0.3, -0.25) is 0 Å². The van der Waals surface area contributed by atoms with Crippen molar-refractivity contribution >= 4 is 5.97 Å². The molecule has 3 nitrogen and oxygen atoms in total. The van der Waals surface area contributed by atoms with Gasteiger partial charge in [-0.2, -0.15) is 0 Å². The van der Waals surface area contributed by atoms with Gasteiger partial charge in [-0.15, -0.1) is 0 Å². The van der Waals surface area contributed by atoms with Gasteiger partial charge in [-0.05, 0) is 5.56 Å². The van der Waals surface area contributed by atoms with E-state index in [1.165, 1.54) is 0 Å². The first kappa shape index (κ1) is 6.37. The molecular weight excluding hydrogens is 144 g/mol. The Hall–Kier alpha value is -1.35. The normalized spacial score (nSPS) is 13.6. The van der Waals surface area contributed by atoms with Gasteiger partial charge >= 0.3 is 5.97 Å². The van der Waals surface area contributed by atoms with Gasteiger partial charge in [0.25, 0.3) is 0 Å². The summed E-state index contributed by atoms with van der Waals surface area (Å²) >= 11 is 0. The van der Waals surface area contributed by atoms with Crippen molar-refractivity contribution in [2.75, 3.05) is 0 Å². The van der Waals surface area contributed by atoms with Crippen molar-refractivity contribution in [2.24, 2.45) is 0 Å². The lowest BCUT2D eigenvalue weighted by molar-refractivity contribution is -0.146. The highest BCUT2D eigenvalue weighted by Gasteiger charge is 2.14. The maximum Gasteiger partial charge on any atom is 0.337 e. The van der Waals surface area contributed by atoms with E-state index in [1.54, 1.807) is 30.3 Å². The molecule has 0 aliphatic carbocycles. The predicted octanol–water partition coefficient (Wildman–Crippen LogP) is 0.805. The van der Waals surface area contributed by atoms with Crippen molar-refractivity contribution in [3.63, 3.8) is 0 Å². The third-order valence-electron chi connectivity index (χ3n) is 1.33. The van der Waals surface area contributed by atoms with Crippen LogP contribution in [0.1, 0.15) is 11.7 Å². The molecule has 0 heterocycles. The van der Waals surface area contributed by atoms with Gasteiger partial charge in [0.15, 0.2) is 6.10 Å². The summed E-state index contributed by atoms with van der Waals surface area (Å²) in [7, 11) is 0. The fourth-order valence-electron chi connectivity index (χ4n) is 0.770. The Kier molecular flexibility index (Phi) is 1.83. The number of rotatable bonds is 3. The second-order valence-corrected chi connectivity index (χ2v) is 2.13. The zero-order chi connectivity index (χ0) is 8.97. The van der Waals surface area contributed by atoms with E-state index in [-0.39, 0.29) is 0 Å². The first-order valence-electron chi connectivity index (χ1n) is 3.56. The molecule has 1 aromatic rings. The summed E-state index contributed by atoms with van der Waals surface area (Å²) in [6, 6.07) is 8.38. The SMILES string of the molecule is [2H]OC(C(=O)O)c1ccccc1. The van der Waals surface area contributed by atoms with Crippen LogP contribution in [0, 0.1) is 0 Å². The maximum absolute atomic E-state index is 10.5. The first-order valence-corrected chi connectivity index (χ1v) is 3.15. The van der Waals surface area contributed by atoms with Gasteiger partial charge in [0.2, 0.25) is 1.43 Å². The minimum Gasteiger partial charge on any atom is -0.479 e. The molecule has 3 heteroatoms. The number of carboxylic acids is 1. The van der Waals surface area contributed by atoms with E-state index < -0.39 is 12.1 Å². The summed E-state index contributed by atoms with van der Waals surface area (Å²) in [5.41, 5.74) is 0.472. The summed E-state index contributed by atoms with van der Waals surface area (Å²) in [6.07, 6.45) is -1.19. The van der Waals surface area contributed by atoms with Gasteiger partial charge in [0.05, 0.1) is 0 Å². The van der Waals surface area contributed by atoms with Crippen LogP contribution in [0.5, 0.6) is 0 Å². The Bertz CT molecular complexity index is 260. The molecule has 1 atom stereocenters. The number of carboxylic acid groups (broad SMARTS) is 1. The molecule has 1 aromatic carbocycles. The van der Waals surface area contributed by atoms with Gasteiger partial charge in [-0.25, -0.2) is 4.79 Å². The molecule has 0 bridgehead atoms. The Morgan fingerprint density at radius 3 is 2.55 bits per heavy atom.